The molecule has 1 heteroatoms. The Morgan fingerprint density at radius 3 is 3.06 bits per heavy atom. The Morgan fingerprint density at radius 2 is 2.06 bits per heavy atom. The van der Waals surface area contributed by atoms with Gasteiger partial charge in [-0.1, -0.05) is 36.4 Å². The van der Waals surface area contributed by atoms with Crippen LogP contribution in [0.5, 0.6) is 0 Å². The van der Waals surface area contributed by atoms with E-state index in [1.165, 1.54) is 28.1 Å². The summed E-state index contributed by atoms with van der Waals surface area (Å²) >= 11 is 0. The van der Waals surface area contributed by atoms with Gasteiger partial charge in [0.25, 0.3) is 0 Å². The fourth-order valence-electron chi connectivity index (χ4n) is 2.90. The molecule has 1 aromatic rings. The van der Waals surface area contributed by atoms with Gasteiger partial charge in [0.1, 0.15) is 0 Å². The van der Waals surface area contributed by atoms with E-state index in [0.717, 1.165) is 12.8 Å². The smallest absolute Gasteiger partial charge is 0.0488 e. The molecule has 1 aliphatic carbocycles. The quantitative estimate of drug-likeness (QED) is 0.643. The molecule has 0 saturated carbocycles. The minimum atomic E-state index is 1.07. The van der Waals surface area contributed by atoms with Gasteiger partial charge in [0.15, 0.2) is 0 Å². The summed E-state index contributed by atoms with van der Waals surface area (Å²) in [7, 11) is 0. The van der Waals surface area contributed by atoms with Crippen molar-refractivity contribution in [3.63, 3.8) is 0 Å². The van der Waals surface area contributed by atoms with E-state index >= 15 is 0 Å². The first-order valence-electron chi connectivity index (χ1n) is 6.08. The molecule has 0 unspecified atom stereocenters. The summed E-state index contributed by atoms with van der Waals surface area (Å²) in [6.45, 7) is 0. The van der Waals surface area contributed by atoms with Crippen LogP contribution in [0.4, 0.5) is 5.69 Å². The first kappa shape index (κ1) is 9.06. The number of hydrogen-bond donors (Lipinski definition) is 0. The van der Waals surface area contributed by atoms with Crippen LogP contribution in [0.3, 0.4) is 0 Å². The Labute approximate surface area is 101 Å². The molecule has 0 saturated heterocycles. The molecular formula is C16H13N. The van der Waals surface area contributed by atoms with Gasteiger partial charge in [0.2, 0.25) is 0 Å². The molecule has 0 amide bonds. The molecule has 0 N–H and O–H groups in total. The van der Waals surface area contributed by atoms with Crippen LogP contribution in [0.25, 0.3) is 0 Å². The zero-order valence-electron chi connectivity index (χ0n) is 9.56. The van der Waals surface area contributed by atoms with Gasteiger partial charge in [-0.2, -0.15) is 0 Å². The molecule has 4 rings (SSSR count). The highest BCUT2D eigenvalue weighted by Gasteiger charge is 2.28. The SMILES string of the molecule is C1=CCC2=C3Cc4ccccc4N3C=CC2=C1. The maximum Gasteiger partial charge on any atom is 0.0488 e. The van der Waals surface area contributed by atoms with Gasteiger partial charge in [-0.3, -0.25) is 0 Å². The molecule has 2 heterocycles. The van der Waals surface area contributed by atoms with E-state index in [9.17, 15) is 0 Å². The summed E-state index contributed by atoms with van der Waals surface area (Å²) < 4.78 is 0. The molecular weight excluding hydrogens is 206 g/mol. The molecule has 2 aliphatic heterocycles. The van der Waals surface area contributed by atoms with Gasteiger partial charge in [-0.15, -0.1) is 0 Å². The highest BCUT2D eigenvalue weighted by Crippen LogP contribution is 2.41. The van der Waals surface area contributed by atoms with Crippen LogP contribution in [-0.4, -0.2) is 0 Å². The summed E-state index contributed by atoms with van der Waals surface area (Å²) in [5.41, 5.74) is 7.12. The Bertz CT molecular complexity index is 614. The minimum Gasteiger partial charge on any atom is -0.320 e. The first-order valence-corrected chi connectivity index (χ1v) is 6.08. The second-order valence-electron chi connectivity index (χ2n) is 4.67. The third kappa shape index (κ3) is 1.19. The number of allylic oxidation sites excluding steroid dienone is 7. The van der Waals surface area contributed by atoms with Crippen molar-refractivity contribution in [1.29, 1.82) is 0 Å². The Kier molecular flexibility index (Phi) is 1.72. The highest BCUT2D eigenvalue weighted by atomic mass is 15.2. The van der Waals surface area contributed by atoms with Crippen molar-refractivity contribution in [2.24, 2.45) is 0 Å². The van der Waals surface area contributed by atoms with Crippen molar-refractivity contribution in [2.75, 3.05) is 4.90 Å². The zero-order chi connectivity index (χ0) is 11.2. The lowest BCUT2D eigenvalue weighted by atomic mass is 9.93. The van der Waals surface area contributed by atoms with Crippen LogP contribution < -0.4 is 4.90 Å². The molecule has 0 spiro atoms. The molecule has 0 fully saturated rings. The standard InChI is InChI=1S/C16H13N/c1-3-7-14-12(5-1)9-10-17-15-8-4-2-6-13(15)11-16(14)17/h1-6,8-10H,7,11H2. The van der Waals surface area contributed by atoms with Crippen LogP contribution in [0.15, 0.2) is 71.6 Å². The van der Waals surface area contributed by atoms with Gasteiger partial charge in [0, 0.05) is 24.0 Å². The van der Waals surface area contributed by atoms with E-state index in [2.05, 4.69) is 59.7 Å². The van der Waals surface area contributed by atoms with Crippen LogP contribution >= 0.6 is 0 Å². The molecule has 17 heavy (non-hydrogen) atoms. The lowest BCUT2D eigenvalue weighted by molar-refractivity contribution is 1.03. The average Bonchev–Trinajstić information content (AvgIpc) is 2.78. The number of benzene rings is 1. The number of fused-ring (bicyclic) bond motifs is 4. The molecule has 1 nitrogen and oxygen atoms in total. The van der Waals surface area contributed by atoms with Crippen molar-refractivity contribution >= 4 is 5.69 Å². The fourth-order valence-corrected chi connectivity index (χ4v) is 2.90. The number of anilines is 1. The summed E-state index contributed by atoms with van der Waals surface area (Å²) in [5.74, 6) is 0. The van der Waals surface area contributed by atoms with Gasteiger partial charge in [0.05, 0.1) is 0 Å². The third-order valence-electron chi connectivity index (χ3n) is 3.73. The predicted molar refractivity (Wildman–Crippen MR) is 70.6 cm³/mol. The second kappa shape index (κ2) is 3.24. The number of nitrogens with zero attached hydrogens (tertiary/aromatic N) is 1. The number of hydrogen-bond acceptors (Lipinski definition) is 1. The zero-order valence-corrected chi connectivity index (χ0v) is 9.56. The van der Waals surface area contributed by atoms with Crippen LogP contribution in [-0.2, 0) is 6.42 Å². The first-order chi connectivity index (χ1) is 8.43. The summed E-state index contributed by atoms with van der Waals surface area (Å²) in [4.78, 5) is 2.35. The van der Waals surface area contributed by atoms with E-state index in [1.54, 1.807) is 0 Å². The normalized spacial score (nSPS) is 20.0. The number of rotatable bonds is 0. The van der Waals surface area contributed by atoms with Gasteiger partial charge >= 0.3 is 0 Å². The maximum atomic E-state index is 2.35. The van der Waals surface area contributed by atoms with Crippen molar-refractivity contribution < 1.29 is 0 Å². The monoisotopic (exact) mass is 219 g/mol. The van der Waals surface area contributed by atoms with E-state index in [0.29, 0.717) is 0 Å². The van der Waals surface area contributed by atoms with Gasteiger partial charge in [-0.05, 0) is 35.3 Å². The number of para-hydroxylation sites is 1. The lowest BCUT2D eigenvalue weighted by Gasteiger charge is -2.26. The van der Waals surface area contributed by atoms with E-state index in [4.69, 9.17) is 0 Å². The van der Waals surface area contributed by atoms with E-state index < -0.39 is 0 Å². The predicted octanol–water partition coefficient (Wildman–Crippen LogP) is 3.72. The molecule has 0 bridgehead atoms. The molecule has 0 aromatic heterocycles. The van der Waals surface area contributed by atoms with Gasteiger partial charge < -0.3 is 4.90 Å². The second-order valence-corrected chi connectivity index (χ2v) is 4.67. The fraction of sp³-hybridized carbons (Fsp3) is 0.125. The summed E-state index contributed by atoms with van der Waals surface area (Å²) in [5, 5.41) is 0. The molecule has 3 aliphatic rings. The Balaban J connectivity index is 1.91. The minimum absolute atomic E-state index is 1.07. The molecule has 0 radical (unpaired) electrons. The van der Waals surface area contributed by atoms with Crippen molar-refractivity contribution in [3.05, 3.63) is 77.2 Å². The Morgan fingerprint density at radius 1 is 1.12 bits per heavy atom. The molecule has 0 atom stereocenters. The largest absolute Gasteiger partial charge is 0.320 e. The molecule has 82 valence electrons. The van der Waals surface area contributed by atoms with Gasteiger partial charge in [-0.25, -0.2) is 0 Å². The van der Waals surface area contributed by atoms with Crippen molar-refractivity contribution in [1.82, 2.24) is 0 Å². The van der Waals surface area contributed by atoms with Crippen LogP contribution in [0.1, 0.15) is 12.0 Å². The van der Waals surface area contributed by atoms with E-state index in [-0.39, 0.29) is 0 Å². The summed E-state index contributed by atoms with van der Waals surface area (Å²) in [6.07, 6.45) is 13.2. The van der Waals surface area contributed by atoms with Crippen molar-refractivity contribution in [2.45, 2.75) is 12.8 Å². The van der Waals surface area contributed by atoms with Crippen LogP contribution in [0.2, 0.25) is 0 Å². The average molecular weight is 219 g/mol. The van der Waals surface area contributed by atoms with Crippen molar-refractivity contribution in [3.8, 4) is 0 Å². The summed E-state index contributed by atoms with van der Waals surface area (Å²) in [6, 6.07) is 8.69. The third-order valence-corrected chi connectivity index (χ3v) is 3.73. The highest BCUT2D eigenvalue weighted by molar-refractivity contribution is 5.72. The lowest BCUT2D eigenvalue weighted by Crippen LogP contribution is -2.17. The topological polar surface area (TPSA) is 3.24 Å². The van der Waals surface area contributed by atoms with E-state index in [1.807, 2.05) is 0 Å². The Hall–Kier alpha value is -2.02. The maximum absolute atomic E-state index is 2.35. The molecule has 1 aromatic carbocycles. The van der Waals surface area contributed by atoms with Crippen LogP contribution in [0, 0.1) is 0 Å².